The summed E-state index contributed by atoms with van der Waals surface area (Å²) in [6.45, 7) is 4.52. The number of hydrogen-bond acceptors (Lipinski definition) is 4. The molecule has 150 valence electrons. The fraction of sp³-hybridized carbons (Fsp3) is 0.273. The van der Waals surface area contributed by atoms with Crippen LogP contribution in [0, 0.1) is 12.7 Å². The van der Waals surface area contributed by atoms with Gasteiger partial charge in [-0.25, -0.2) is 9.37 Å². The van der Waals surface area contributed by atoms with Crippen LogP contribution in [0.25, 0.3) is 5.69 Å². The van der Waals surface area contributed by atoms with Crippen LogP contribution in [-0.4, -0.2) is 52.3 Å². The van der Waals surface area contributed by atoms with E-state index in [1.54, 1.807) is 18.3 Å². The van der Waals surface area contributed by atoms with Crippen LogP contribution in [0.2, 0.25) is 0 Å². The molecule has 0 aliphatic carbocycles. The number of carbonyl (C=O) groups excluding carboxylic acids is 1. The number of para-hydroxylation sites is 1. The number of halogens is 1. The average molecular weight is 411 g/mol. The lowest BCUT2D eigenvalue weighted by Gasteiger charge is -2.36. The number of imidazole rings is 1. The molecule has 1 aromatic heterocycles. The smallest absolute Gasteiger partial charge is 0.233 e. The minimum Gasteiger partial charge on any atom is -0.366 e. The summed E-state index contributed by atoms with van der Waals surface area (Å²) < 4.78 is 16.0. The van der Waals surface area contributed by atoms with Gasteiger partial charge in [0.25, 0.3) is 0 Å². The van der Waals surface area contributed by atoms with Crippen molar-refractivity contribution in [1.29, 1.82) is 0 Å². The molecule has 4 rings (SSSR count). The van der Waals surface area contributed by atoms with Crippen molar-refractivity contribution in [3.05, 3.63) is 72.3 Å². The summed E-state index contributed by atoms with van der Waals surface area (Å²) in [5, 5.41) is 0.800. The van der Waals surface area contributed by atoms with Crippen LogP contribution in [-0.2, 0) is 4.79 Å². The van der Waals surface area contributed by atoms with Crippen molar-refractivity contribution in [1.82, 2.24) is 14.5 Å². The Morgan fingerprint density at radius 3 is 2.66 bits per heavy atom. The molecule has 0 bridgehead atoms. The SMILES string of the molecule is Cc1cccc(-n2ccnc2SCC(=O)N2CCN(c3ccccc3F)CC2)c1. The monoisotopic (exact) mass is 410 g/mol. The molecule has 0 unspecified atom stereocenters. The second-order valence-corrected chi connectivity index (χ2v) is 7.97. The number of benzene rings is 2. The van der Waals surface area contributed by atoms with Gasteiger partial charge in [-0.15, -0.1) is 0 Å². The van der Waals surface area contributed by atoms with Crippen molar-refractivity contribution >= 4 is 23.4 Å². The van der Waals surface area contributed by atoms with E-state index in [-0.39, 0.29) is 11.7 Å². The molecule has 0 N–H and O–H groups in total. The molecule has 1 fully saturated rings. The number of thioether (sulfide) groups is 1. The first-order valence-electron chi connectivity index (χ1n) is 9.62. The Morgan fingerprint density at radius 1 is 1.10 bits per heavy atom. The third-order valence-electron chi connectivity index (χ3n) is 5.04. The molecule has 0 radical (unpaired) electrons. The molecule has 1 aliphatic rings. The normalized spacial score (nSPS) is 14.3. The first kappa shape index (κ1) is 19.5. The van der Waals surface area contributed by atoms with Gasteiger partial charge in [0.15, 0.2) is 5.16 Å². The molecule has 1 saturated heterocycles. The molecule has 3 aromatic rings. The molecule has 5 nitrogen and oxygen atoms in total. The van der Waals surface area contributed by atoms with E-state index in [1.807, 2.05) is 38.8 Å². The Hall–Kier alpha value is -2.80. The highest BCUT2D eigenvalue weighted by atomic mass is 32.2. The van der Waals surface area contributed by atoms with Crippen molar-refractivity contribution in [2.75, 3.05) is 36.8 Å². The highest BCUT2D eigenvalue weighted by Gasteiger charge is 2.23. The van der Waals surface area contributed by atoms with Crippen LogP contribution in [0.4, 0.5) is 10.1 Å². The summed E-state index contributed by atoms with van der Waals surface area (Å²) >= 11 is 1.44. The lowest BCUT2D eigenvalue weighted by Crippen LogP contribution is -2.49. The van der Waals surface area contributed by atoms with E-state index >= 15 is 0 Å². The standard InChI is InChI=1S/C22H23FN4OS/c1-17-5-4-6-18(15-17)27-10-9-24-22(27)29-16-21(28)26-13-11-25(12-14-26)20-8-3-2-7-19(20)23/h2-10,15H,11-14,16H2,1H3. The summed E-state index contributed by atoms with van der Waals surface area (Å²) in [6, 6.07) is 15.0. The summed E-state index contributed by atoms with van der Waals surface area (Å²) in [7, 11) is 0. The van der Waals surface area contributed by atoms with E-state index in [1.165, 1.54) is 23.4 Å². The Bertz CT molecular complexity index is 998. The summed E-state index contributed by atoms with van der Waals surface area (Å²) in [4.78, 5) is 20.9. The van der Waals surface area contributed by atoms with Crippen molar-refractivity contribution in [2.45, 2.75) is 12.1 Å². The largest absolute Gasteiger partial charge is 0.366 e. The van der Waals surface area contributed by atoms with Crippen LogP contribution in [0.5, 0.6) is 0 Å². The minimum absolute atomic E-state index is 0.0852. The molecule has 29 heavy (non-hydrogen) atoms. The number of anilines is 1. The zero-order valence-electron chi connectivity index (χ0n) is 16.3. The quantitative estimate of drug-likeness (QED) is 0.601. The Balaban J connectivity index is 1.34. The second kappa shape index (κ2) is 8.69. The van der Waals surface area contributed by atoms with Gasteiger partial charge in [0.05, 0.1) is 11.4 Å². The van der Waals surface area contributed by atoms with E-state index in [0.717, 1.165) is 10.8 Å². The minimum atomic E-state index is -0.217. The zero-order chi connectivity index (χ0) is 20.2. The number of aryl methyl sites for hydroxylation is 1. The van der Waals surface area contributed by atoms with Gasteiger partial charge >= 0.3 is 0 Å². The fourth-order valence-corrected chi connectivity index (χ4v) is 4.37. The molecule has 1 aliphatic heterocycles. The third-order valence-corrected chi connectivity index (χ3v) is 5.99. The molecule has 7 heteroatoms. The molecule has 2 heterocycles. The van der Waals surface area contributed by atoms with Crippen molar-refractivity contribution in [3.63, 3.8) is 0 Å². The molecule has 1 amide bonds. The van der Waals surface area contributed by atoms with Gasteiger partial charge < -0.3 is 9.80 Å². The van der Waals surface area contributed by atoms with Gasteiger partial charge in [0.2, 0.25) is 5.91 Å². The zero-order valence-corrected chi connectivity index (χ0v) is 17.1. The van der Waals surface area contributed by atoms with Crippen LogP contribution in [0.15, 0.2) is 66.1 Å². The van der Waals surface area contributed by atoms with Crippen molar-refractivity contribution < 1.29 is 9.18 Å². The van der Waals surface area contributed by atoms with Gasteiger partial charge in [-0.2, -0.15) is 0 Å². The molecular weight excluding hydrogens is 387 g/mol. The molecule has 0 atom stereocenters. The Labute approximate surface area is 174 Å². The van der Waals surface area contributed by atoms with Crippen LogP contribution in [0.3, 0.4) is 0 Å². The number of hydrogen-bond donors (Lipinski definition) is 0. The number of piperazine rings is 1. The molecular formula is C22H23FN4OS. The van der Waals surface area contributed by atoms with E-state index < -0.39 is 0 Å². The lowest BCUT2D eigenvalue weighted by atomic mass is 10.2. The van der Waals surface area contributed by atoms with Gasteiger partial charge in [-0.3, -0.25) is 9.36 Å². The maximum Gasteiger partial charge on any atom is 0.233 e. The Morgan fingerprint density at radius 2 is 1.90 bits per heavy atom. The van der Waals surface area contributed by atoms with E-state index in [4.69, 9.17) is 0 Å². The van der Waals surface area contributed by atoms with Crippen molar-refractivity contribution in [3.8, 4) is 5.69 Å². The van der Waals surface area contributed by atoms with E-state index in [0.29, 0.717) is 37.6 Å². The van der Waals surface area contributed by atoms with Gasteiger partial charge in [-0.05, 0) is 36.8 Å². The highest BCUT2D eigenvalue weighted by molar-refractivity contribution is 7.99. The van der Waals surface area contributed by atoms with E-state index in [2.05, 4.69) is 24.0 Å². The third kappa shape index (κ3) is 4.45. The maximum atomic E-state index is 14.0. The highest BCUT2D eigenvalue weighted by Crippen LogP contribution is 2.23. The Kier molecular flexibility index (Phi) is 5.85. The van der Waals surface area contributed by atoms with Gasteiger partial charge in [0, 0.05) is 44.3 Å². The number of nitrogens with zero attached hydrogens (tertiary/aromatic N) is 4. The van der Waals surface area contributed by atoms with Gasteiger partial charge in [0.1, 0.15) is 5.82 Å². The fourth-order valence-electron chi connectivity index (χ4n) is 3.49. The molecule has 0 saturated carbocycles. The van der Waals surface area contributed by atoms with Crippen LogP contribution in [0.1, 0.15) is 5.56 Å². The number of aromatic nitrogens is 2. The van der Waals surface area contributed by atoms with Crippen LogP contribution >= 0.6 is 11.8 Å². The van der Waals surface area contributed by atoms with Gasteiger partial charge in [-0.1, -0.05) is 36.0 Å². The average Bonchev–Trinajstić information content (AvgIpc) is 3.21. The summed E-state index contributed by atoms with van der Waals surface area (Å²) in [5.41, 5.74) is 2.82. The second-order valence-electron chi connectivity index (χ2n) is 7.03. The van der Waals surface area contributed by atoms with Crippen molar-refractivity contribution in [2.24, 2.45) is 0 Å². The number of rotatable bonds is 5. The summed E-state index contributed by atoms with van der Waals surface area (Å²) in [5.74, 6) is 0.204. The maximum absolute atomic E-state index is 14.0. The first-order valence-corrected chi connectivity index (χ1v) is 10.6. The molecule has 0 spiro atoms. The first-order chi connectivity index (χ1) is 14.1. The molecule has 2 aromatic carbocycles. The van der Waals surface area contributed by atoms with E-state index in [9.17, 15) is 9.18 Å². The summed E-state index contributed by atoms with van der Waals surface area (Å²) in [6.07, 6.45) is 3.66. The topological polar surface area (TPSA) is 41.4 Å². The predicted octanol–water partition coefficient (Wildman–Crippen LogP) is 3.76. The number of carbonyl (C=O) groups is 1. The predicted molar refractivity (Wildman–Crippen MR) is 114 cm³/mol. The van der Waals surface area contributed by atoms with Crippen LogP contribution < -0.4 is 4.90 Å². The lowest BCUT2D eigenvalue weighted by molar-refractivity contribution is -0.128. The number of amides is 1.